The number of benzene rings is 1. The Labute approximate surface area is 218 Å². The van der Waals surface area contributed by atoms with E-state index in [1.165, 1.54) is 39.4 Å². The van der Waals surface area contributed by atoms with Gasteiger partial charge < -0.3 is 10.6 Å². The van der Waals surface area contributed by atoms with Crippen LogP contribution in [0, 0.1) is 6.92 Å². The lowest BCUT2D eigenvalue weighted by atomic mass is 10.1. The molecule has 0 saturated carbocycles. The standard InChI is InChI=1S/C22H25ClN6O6S2/c1-14-11-17(37(23,34)35)4-5-18(14)26-19(30)13-29-20(31)6-3-15-12-24-22(27-21(15)29)25-16-7-9-28(10-8-16)36(2,32)33/h3-6,11-12,16H,7-10,13H2,1-2H3,(H,26,30)(H,24,25,27). The summed E-state index contributed by atoms with van der Waals surface area (Å²) in [6.07, 6.45) is 3.87. The fourth-order valence-corrected chi connectivity index (χ4v) is 5.78. The van der Waals surface area contributed by atoms with Crippen LogP contribution in [0.5, 0.6) is 0 Å². The lowest BCUT2D eigenvalue weighted by Gasteiger charge is -2.30. The minimum atomic E-state index is -3.91. The lowest BCUT2D eigenvalue weighted by molar-refractivity contribution is -0.116. The summed E-state index contributed by atoms with van der Waals surface area (Å²) in [5.41, 5.74) is 0.680. The molecule has 1 amide bonds. The molecule has 0 unspecified atom stereocenters. The van der Waals surface area contributed by atoms with E-state index in [2.05, 4.69) is 20.6 Å². The van der Waals surface area contributed by atoms with E-state index >= 15 is 0 Å². The zero-order valence-electron chi connectivity index (χ0n) is 20.0. The van der Waals surface area contributed by atoms with Crippen molar-refractivity contribution in [2.45, 2.75) is 37.2 Å². The minimum Gasteiger partial charge on any atom is -0.351 e. The van der Waals surface area contributed by atoms with E-state index in [0.717, 1.165) is 0 Å². The molecule has 0 spiro atoms. The highest BCUT2D eigenvalue weighted by molar-refractivity contribution is 8.13. The highest BCUT2D eigenvalue weighted by Crippen LogP contribution is 2.22. The van der Waals surface area contributed by atoms with Gasteiger partial charge in [-0.3, -0.25) is 14.2 Å². The number of nitrogens with one attached hydrogen (secondary N) is 2. The van der Waals surface area contributed by atoms with Crippen LogP contribution in [0.1, 0.15) is 18.4 Å². The molecule has 1 aromatic carbocycles. The average Bonchev–Trinajstić information content (AvgIpc) is 2.81. The number of aromatic nitrogens is 3. The second-order valence-corrected chi connectivity index (χ2v) is 13.3. The third kappa shape index (κ3) is 6.44. The van der Waals surface area contributed by atoms with Crippen molar-refractivity contribution in [3.8, 4) is 0 Å². The number of fused-ring (bicyclic) bond motifs is 1. The fourth-order valence-electron chi connectivity index (χ4n) is 4.07. The molecule has 0 aliphatic carbocycles. The molecule has 1 fully saturated rings. The molecule has 37 heavy (non-hydrogen) atoms. The third-order valence-corrected chi connectivity index (χ3v) is 8.69. The summed E-state index contributed by atoms with van der Waals surface area (Å²) in [5.74, 6) is -0.251. The van der Waals surface area contributed by atoms with Crippen molar-refractivity contribution in [3.05, 3.63) is 52.4 Å². The number of piperidine rings is 1. The van der Waals surface area contributed by atoms with Crippen molar-refractivity contribution in [2.75, 3.05) is 30.0 Å². The normalized spacial score (nSPS) is 15.5. The van der Waals surface area contributed by atoms with Gasteiger partial charge in [-0.1, -0.05) is 0 Å². The van der Waals surface area contributed by atoms with E-state index in [0.29, 0.717) is 42.6 Å². The van der Waals surface area contributed by atoms with Crippen LogP contribution in [0.3, 0.4) is 0 Å². The number of rotatable bonds is 7. The Hall–Kier alpha value is -3.07. The number of carbonyl (C=O) groups is 1. The van der Waals surface area contributed by atoms with Crippen LogP contribution >= 0.6 is 10.7 Å². The smallest absolute Gasteiger partial charge is 0.261 e. The van der Waals surface area contributed by atoms with Gasteiger partial charge in [0, 0.05) is 53.2 Å². The van der Waals surface area contributed by atoms with Crippen LogP contribution in [-0.4, -0.2) is 67.0 Å². The first-order chi connectivity index (χ1) is 17.3. The second-order valence-electron chi connectivity index (χ2n) is 8.77. The zero-order chi connectivity index (χ0) is 27.0. The molecule has 0 atom stereocenters. The maximum absolute atomic E-state index is 12.8. The topological polar surface area (TPSA) is 160 Å². The lowest BCUT2D eigenvalue weighted by Crippen LogP contribution is -2.42. The maximum Gasteiger partial charge on any atom is 0.261 e. The van der Waals surface area contributed by atoms with E-state index < -0.39 is 30.5 Å². The number of hydrogen-bond donors (Lipinski definition) is 2. The quantitative estimate of drug-likeness (QED) is 0.402. The van der Waals surface area contributed by atoms with E-state index in [9.17, 15) is 26.4 Å². The highest BCUT2D eigenvalue weighted by atomic mass is 35.7. The van der Waals surface area contributed by atoms with Gasteiger partial charge in [-0.25, -0.2) is 26.1 Å². The molecule has 0 bridgehead atoms. The van der Waals surface area contributed by atoms with Crippen LogP contribution in [-0.2, 0) is 30.4 Å². The summed E-state index contributed by atoms with van der Waals surface area (Å²) in [5, 5.41) is 6.42. The SMILES string of the molecule is Cc1cc(S(=O)(=O)Cl)ccc1NC(=O)Cn1c(=O)ccc2cnc(NC3CCN(S(C)(=O)=O)CC3)nc21. The molecule has 12 nitrogen and oxygen atoms in total. The van der Waals surface area contributed by atoms with E-state index in [-0.39, 0.29) is 29.1 Å². The Balaban J connectivity index is 1.52. The van der Waals surface area contributed by atoms with Gasteiger partial charge in [0.15, 0.2) is 0 Å². The summed E-state index contributed by atoms with van der Waals surface area (Å²) in [7, 11) is -1.78. The van der Waals surface area contributed by atoms with Gasteiger partial charge in [0.2, 0.25) is 21.9 Å². The number of sulfonamides is 1. The number of pyridine rings is 1. The van der Waals surface area contributed by atoms with Crippen molar-refractivity contribution in [1.29, 1.82) is 0 Å². The van der Waals surface area contributed by atoms with E-state index in [4.69, 9.17) is 10.7 Å². The van der Waals surface area contributed by atoms with Gasteiger partial charge in [-0.05, 0) is 49.6 Å². The fraction of sp³-hybridized carbons (Fsp3) is 0.364. The van der Waals surface area contributed by atoms with Gasteiger partial charge in [0.1, 0.15) is 12.2 Å². The van der Waals surface area contributed by atoms with Crippen molar-refractivity contribution in [2.24, 2.45) is 0 Å². The van der Waals surface area contributed by atoms with Gasteiger partial charge in [-0.15, -0.1) is 0 Å². The number of nitrogens with zero attached hydrogens (tertiary/aromatic N) is 4. The summed E-state index contributed by atoms with van der Waals surface area (Å²) in [6.45, 7) is 2.05. The Kier molecular flexibility index (Phi) is 7.55. The molecule has 2 aromatic heterocycles. The van der Waals surface area contributed by atoms with Gasteiger partial charge >= 0.3 is 0 Å². The molecule has 15 heteroatoms. The molecule has 1 saturated heterocycles. The molecular formula is C22H25ClN6O6S2. The first kappa shape index (κ1) is 27.0. The summed E-state index contributed by atoms with van der Waals surface area (Å²) >= 11 is 0. The molecular weight excluding hydrogens is 544 g/mol. The summed E-state index contributed by atoms with van der Waals surface area (Å²) in [4.78, 5) is 34.1. The predicted molar refractivity (Wildman–Crippen MR) is 140 cm³/mol. The van der Waals surface area contributed by atoms with Gasteiger partial charge in [0.25, 0.3) is 14.6 Å². The highest BCUT2D eigenvalue weighted by Gasteiger charge is 2.25. The van der Waals surface area contributed by atoms with E-state index in [1.807, 2.05) is 0 Å². The second kappa shape index (κ2) is 10.4. The monoisotopic (exact) mass is 568 g/mol. The molecule has 3 heterocycles. The van der Waals surface area contributed by atoms with Crippen molar-refractivity contribution >= 4 is 58.3 Å². The van der Waals surface area contributed by atoms with Crippen LogP contribution in [0.25, 0.3) is 11.0 Å². The number of halogens is 1. The maximum atomic E-state index is 12.8. The van der Waals surface area contributed by atoms with Crippen molar-refractivity contribution < 1.29 is 21.6 Å². The van der Waals surface area contributed by atoms with Gasteiger partial charge in [-0.2, -0.15) is 4.98 Å². The summed E-state index contributed by atoms with van der Waals surface area (Å²) < 4.78 is 49.2. The number of aryl methyl sites for hydroxylation is 1. The predicted octanol–water partition coefficient (Wildman–Crippen LogP) is 1.50. The Morgan fingerprint density at radius 2 is 1.84 bits per heavy atom. The molecule has 2 N–H and O–H groups in total. The van der Waals surface area contributed by atoms with Crippen LogP contribution in [0.4, 0.5) is 11.6 Å². The Morgan fingerprint density at radius 1 is 1.14 bits per heavy atom. The van der Waals surface area contributed by atoms with Crippen LogP contribution in [0.2, 0.25) is 0 Å². The largest absolute Gasteiger partial charge is 0.351 e. The first-order valence-corrected chi connectivity index (χ1v) is 15.4. The number of hydrogen-bond acceptors (Lipinski definition) is 9. The average molecular weight is 569 g/mol. The minimum absolute atomic E-state index is 0.0506. The summed E-state index contributed by atoms with van der Waals surface area (Å²) in [6, 6.07) is 6.88. The number of carbonyl (C=O) groups excluding carboxylic acids is 1. The third-order valence-electron chi connectivity index (χ3n) is 6.03. The molecule has 4 rings (SSSR count). The Bertz CT molecular complexity index is 1630. The molecule has 1 aliphatic heterocycles. The number of anilines is 2. The van der Waals surface area contributed by atoms with Crippen LogP contribution < -0.4 is 16.2 Å². The van der Waals surface area contributed by atoms with E-state index in [1.54, 1.807) is 19.2 Å². The molecule has 0 radical (unpaired) electrons. The zero-order valence-corrected chi connectivity index (χ0v) is 22.4. The Morgan fingerprint density at radius 3 is 2.46 bits per heavy atom. The number of amides is 1. The van der Waals surface area contributed by atoms with Crippen LogP contribution in [0.15, 0.2) is 46.2 Å². The molecule has 1 aliphatic rings. The molecule has 198 valence electrons. The van der Waals surface area contributed by atoms with Crippen molar-refractivity contribution in [3.63, 3.8) is 0 Å². The molecule has 3 aromatic rings. The van der Waals surface area contributed by atoms with Crippen molar-refractivity contribution in [1.82, 2.24) is 18.8 Å². The first-order valence-electron chi connectivity index (χ1n) is 11.2. The van der Waals surface area contributed by atoms with Gasteiger partial charge in [0.05, 0.1) is 11.2 Å².